The molecule has 0 bridgehead atoms. The molecule has 2 rings (SSSR count). The maximum atomic E-state index is 11.8. The lowest BCUT2D eigenvalue weighted by Gasteiger charge is -2.11. The highest BCUT2D eigenvalue weighted by molar-refractivity contribution is 8.11. The molecule has 0 spiro atoms. The third-order valence-corrected chi connectivity index (χ3v) is 4.89. The van der Waals surface area contributed by atoms with Crippen LogP contribution in [-0.4, -0.2) is 14.8 Å². The summed E-state index contributed by atoms with van der Waals surface area (Å²) in [6.07, 6.45) is 1.73. The van der Waals surface area contributed by atoms with Gasteiger partial charge in [0.25, 0.3) is 0 Å². The van der Waals surface area contributed by atoms with Gasteiger partial charge in [-0.3, -0.25) is 0 Å². The Hall–Kier alpha value is -0.130. The second-order valence-corrected chi connectivity index (χ2v) is 5.85. The van der Waals surface area contributed by atoms with Gasteiger partial charge in [0.05, 0.1) is 22.8 Å². The third kappa shape index (κ3) is 1.81. The summed E-state index contributed by atoms with van der Waals surface area (Å²) in [7, 11) is 0. The van der Waals surface area contributed by atoms with Crippen LogP contribution in [-0.2, 0) is 11.4 Å². The van der Waals surface area contributed by atoms with E-state index in [0.29, 0.717) is 11.6 Å². The van der Waals surface area contributed by atoms with E-state index in [4.69, 9.17) is 11.6 Å². The normalized spacial score (nSPS) is 20.9. The number of fused-ring (bicyclic) bond motifs is 1. The van der Waals surface area contributed by atoms with Crippen molar-refractivity contribution in [2.24, 2.45) is 0 Å². The standard InChI is InChI=1S/C9H8ClNOS2/c1-2-5-11-13-8-6-7(10)3-4-9(8)14(11)12/h2-4,6H,1,5H2. The maximum Gasteiger partial charge on any atom is 0.190 e. The molecule has 1 aromatic carbocycles. The zero-order chi connectivity index (χ0) is 10.1. The molecule has 74 valence electrons. The van der Waals surface area contributed by atoms with Crippen molar-refractivity contribution in [3.63, 3.8) is 0 Å². The van der Waals surface area contributed by atoms with Crippen molar-refractivity contribution in [2.45, 2.75) is 9.79 Å². The Labute approximate surface area is 95.4 Å². The van der Waals surface area contributed by atoms with Gasteiger partial charge < -0.3 is 4.55 Å². The van der Waals surface area contributed by atoms with Crippen LogP contribution >= 0.6 is 23.5 Å². The van der Waals surface area contributed by atoms with Crippen LogP contribution in [0.1, 0.15) is 0 Å². The van der Waals surface area contributed by atoms with Gasteiger partial charge in [0.15, 0.2) is 4.90 Å². The number of benzene rings is 1. The second kappa shape index (κ2) is 4.16. The lowest BCUT2D eigenvalue weighted by atomic mass is 10.4. The quantitative estimate of drug-likeness (QED) is 0.455. The van der Waals surface area contributed by atoms with Crippen molar-refractivity contribution in [3.8, 4) is 0 Å². The second-order valence-electron chi connectivity index (χ2n) is 2.74. The summed E-state index contributed by atoms with van der Waals surface area (Å²) < 4.78 is 13.6. The SMILES string of the molecule is C=CCN1Sc2cc(Cl)ccc2[S+]1[O-]. The molecule has 1 heterocycles. The van der Waals surface area contributed by atoms with Crippen LogP contribution in [0.25, 0.3) is 0 Å². The fourth-order valence-corrected chi connectivity index (χ4v) is 4.09. The van der Waals surface area contributed by atoms with Crippen LogP contribution in [0.3, 0.4) is 0 Å². The molecule has 1 aliphatic heterocycles. The van der Waals surface area contributed by atoms with Crippen molar-refractivity contribution in [1.82, 2.24) is 3.71 Å². The lowest BCUT2D eigenvalue weighted by Crippen LogP contribution is -2.19. The van der Waals surface area contributed by atoms with E-state index in [-0.39, 0.29) is 0 Å². The number of halogens is 1. The summed E-state index contributed by atoms with van der Waals surface area (Å²) in [5.74, 6) is 0. The summed E-state index contributed by atoms with van der Waals surface area (Å²) in [6, 6.07) is 5.41. The summed E-state index contributed by atoms with van der Waals surface area (Å²) in [4.78, 5) is 1.80. The van der Waals surface area contributed by atoms with Crippen LogP contribution in [0.4, 0.5) is 0 Å². The Morgan fingerprint density at radius 2 is 2.43 bits per heavy atom. The van der Waals surface area contributed by atoms with Crippen molar-refractivity contribution in [2.75, 3.05) is 6.54 Å². The first-order valence-corrected chi connectivity index (χ1v) is 6.26. The Morgan fingerprint density at radius 3 is 3.14 bits per heavy atom. The molecule has 0 fully saturated rings. The summed E-state index contributed by atoms with van der Waals surface area (Å²) in [6.45, 7) is 4.22. The van der Waals surface area contributed by atoms with Crippen molar-refractivity contribution in [1.29, 1.82) is 0 Å². The maximum absolute atomic E-state index is 11.8. The first kappa shape index (κ1) is 10.4. The number of rotatable bonds is 2. The topological polar surface area (TPSA) is 26.3 Å². The van der Waals surface area contributed by atoms with E-state index < -0.39 is 11.4 Å². The van der Waals surface area contributed by atoms with Crippen molar-refractivity contribution in [3.05, 3.63) is 35.9 Å². The summed E-state index contributed by atoms with van der Waals surface area (Å²) in [5.41, 5.74) is 0. The summed E-state index contributed by atoms with van der Waals surface area (Å²) in [5, 5.41) is 0.675. The van der Waals surface area contributed by atoms with E-state index in [1.165, 1.54) is 11.9 Å². The fourth-order valence-electron chi connectivity index (χ4n) is 1.16. The van der Waals surface area contributed by atoms with Crippen molar-refractivity contribution < 1.29 is 4.55 Å². The van der Waals surface area contributed by atoms with Crippen LogP contribution < -0.4 is 0 Å². The van der Waals surface area contributed by atoms with Crippen LogP contribution in [0.5, 0.6) is 0 Å². The van der Waals surface area contributed by atoms with Gasteiger partial charge in [-0.05, 0) is 18.2 Å². The first-order valence-electron chi connectivity index (χ1n) is 4.00. The molecule has 0 radical (unpaired) electrons. The number of hydrogen-bond donors (Lipinski definition) is 0. The monoisotopic (exact) mass is 245 g/mol. The highest BCUT2D eigenvalue weighted by Crippen LogP contribution is 2.42. The van der Waals surface area contributed by atoms with E-state index in [9.17, 15) is 4.55 Å². The zero-order valence-corrected chi connectivity index (χ0v) is 9.66. The molecule has 1 atom stereocenters. The molecule has 0 amide bonds. The number of nitrogens with zero attached hydrogens (tertiary/aromatic N) is 1. The van der Waals surface area contributed by atoms with Gasteiger partial charge in [-0.15, -0.1) is 6.58 Å². The largest absolute Gasteiger partial charge is 0.592 e. The molecule has 0 aliphatic carbocycles. The average Bonchev–Trinajstić information content (AvgIpc) is 2.44. The predicted octanol–water partition coefficient (Wildman–Crippen LogP) is 2.87. The van der Waals surface area contributed by atoms with Gasteiger partial charge >= 0.3 is 0 Å². The average molecular weight is 246 g/mol. The molecule has 0 saturated heterocycles. The van der Waals surface area contributed by atoms with Gasteiger partial charge in [-0.25, -0.2) is 0 Å². The molecule has 14 heavy (non-hydrogen) atoms. The molecule has 1 aliphatic rings. The molecular formula is C9H8ClNOS2. The Morgan fingerprint density at radius 1 is 1.64 bits per heavy atom. The van der Waals surface area contributed by atoms with E-state index in [1.54, 1.807) is 15.9 Å². The molecule has 5 heteroatoms. The fraction of sp³-hybridized carbons (Fsp3) is 0.111. The smallest absolute Gasteiger partial charge is 0.190 e. The zero-order valence-electron chi connectivity index (χ0n) is 7.27. The highest BCUT2D eigenvalue weighted by Gasteiger charge is 2.34. The van der Waals surface area contributed by atoms with E-state index in [0.717, 1.165) is 9.79 Å². The molecule has 1 aromatic rings. The number of hydrogen-bond acceptors (Lipinski definition) is 3. The Bertz CT molecular complexity index is 372. The van der Waals surface area contributed by atoms with Gasteiger partial charge in [0.1, 0.15) is 0 Å². The van der Waals surface area contributed by atoms with E-state index >= 15 is 0 Å². The van der Waals surface area contributed by atoms with Gasteiger partial charge in [-0.2, -0.15) is 0 Å². The molecule has 0 N–H and O–H groups in total. The Kier molecular flexibility index (Phi) is 3.09. The van der Waals surface area contributed by atoms with Crippen molar-refractivity contribution >= 4 is 34.9 Å². The predicted molar refractivity (Wildman–Crippen MR) is 60.6 cm³/mol. The van der Waals surface area contributed by atoms with E-state index in [2.05, 4.69) is 6.58 Å². The minimum Gasteiger partial charge on any atom is -0.592 e. The third-order valence-electron chi connectivity index (χ3n) is 1.76. The van der Waals surface area contributed by atoms with Gasteiger partial charge in [-0.1, -0.05) is 21.4 Å². The van der Waals surface area contributed by atoms with Gasteiger partial charge in [0.2, 0.25) is 0 Å². The summed E-state index contributed by atoms with van der Waals surface area (Å²) >= 11 is 6.23. The first-order chi connectivity index (χ1) is 6.72. The van der Waals surface area contributed by atoms with Crippen LogP contribution in [0.2, 0.25) is 5.02 Å². The molecule has 2 nitrogen and oxygen atoms in total. The van der Waals surface area contributed by atoms with Crippen LogP contribution in [0.15, 0.2) is 40.6 Å². The molecular weight excluding hydrogens is 238 g/mol. The minimum atomic E-state index is -1.08. The Balaban J connectivity index is 2.30. The van der Waals surface area contributed by atoms with Crippen LogP contribution in [0, 0.1) is 0 Å². The van der Waals surface area contributed by atoms with E-state index in [1.807, 2.05) is 12.1 Å². The van der Waals surface area contributed by atoms with Gasteiger partial charge in [0, 0.05) is 17.0 Å². The highest BCUT2D eigenvalue weighted by atomic mass is 35.5. The lowest BCUT2D eigenvalue weighted by molar-refractivity contribution is 0.558. The molecule has 0 saturated carbocycles. The molecule has 1 unspecified atom stereocenters. The molecule has 0 aromatic heterocycles. The minimum absolute atomic E-state index is 0.601.